The molecule has 2 N–H and O–H groups in total. The highest BCUT2D eigenvalue weighted by molar-refractivity contribution is 6.17. The second kappa shape index (κ2) is 8.38. The number of nitrogens with zero attached hydrogens (tertiary/aromatic N) is 2. The van der Waals surface area contributed by atoms with E-state index in [0.29, 0.717) is 25.6 Å². The lowest BCUT2D eigenvalue weighted by Gasteiger charge is -2.02. The number of hydrogen-bond donors (Lipinski definition) is 2. The predicted octanol–water partition coefficient (Wildman–Crippen LogP) is 0.933. The summed E-state index contributed by atoms with van der Waals surface area (Å²) in [7, 11) is 0. The maximum absolute atomic E-state index is 8.52. The number of aliphatic hydroxyl groups excluding tert-OH is 1. The first-order valence-corrected chi connectivity index (χ1v) is 5.91. The van der Waals surface area contributed by atoms with Crippen molar-refractivity contribution in [2.75, 3.05) is 37.6 Å². The Hall–Kier alpha value is -0.780. The first-order valence-electron chi connectivity index (χ1n) is 5.37. The Morgan fingerprint density at radius 1 is 1.50 bits per heavy atom. The summed E-state index contributed by atoms with van der Waals surface area (Å²) in [6.45, 7) is 2.54. The number of halogens is 1. The number of alkyl halides is 1. The van der Waals surface area contributed by atoms with Crippen LogP contribution in [0.4, 0.5) is 5.69 Å². The summed E-state index contributed by atoms with van der Waals surface area (Å²) in [5.74, 6) is 0.663. The largest absolute Gasteiger partial charge is 0.394 e. The molecular weight excluding hydrogens is 230 g/mol. The van der Waals surface area contributed by atoms with E-state index in [1.165, 1.54) is 0 Å². The van der Waals surface area contributed by atoms with E-state index in [4.69, 9.17) is 21.4 Å². The van der Waals surface area contributed by atoms with E-state index in [1.54, 1.807) is 10.9 Å². The molecule has 0 fully saturated rings. The Balaban J connectivity index is 2.17. The molecule has 1 aromatic heterocycles. The zero-order chi connectivity index (χ0) is 11.6. The average Bonchev–Trinajstić information content (AvgIpc) is 2.73. The van der Waals surface area contributed by atoms with Gasteiger partial charge < -0.3 is 15.2 Å². The van der Waals surface area contributed by atoms with Gasteiger partial charge in [-0.25, -0.2) is 0 Å². The molecule has 0 unspecified atom stereocenters. The smallest absolute Gasteiger partial charge is 0.0726 e. The van der Waals surface area contributed by atoms with Crippen LogP contribution >= 0.6 is 11.6 Å². The molecule has 0 saturated carbocycles. The minimum absolute atomic E-state index is 0.0599. The molecule has 0 saturated heterocycles. The lowest BCUT2D eigenvalue weighted by molar-refractivity contribution is 0.0854. The van der Waals surface area contributed by atoms with E-state index in [9.17, 15) is 0 Å². The van der Waals surface area contributed by atoms with Crippen molar-refractivity contribution in [2.45, 2.75) is 13.0 Å². The van der Waals surface area contributed by atoms with Crippen LogP contribution < -0.4 is 5.32 Å². The zero-order valence-corrected chi connectivity index (χ0v) is 9.99. The van der Waals surface area contributed by atoms with E-state index in [-0.39, 0.29) is 6.61 Å². The molecule has 0 aromatic carbocycles. The molecule has 5 nitrogen and oxygen atoms in total. The topological polar surface area (TPSA) is 59.3 Å². The maximum Gasteiger partial charge on any atom is 0.0726 e. The Kier molecular flexibility index (Phi) is 6.96. The third kappa shape index (κ3) is 5.34. The van der Waals surface area contributed by atoms with Gasteiger partial charge in [0.2, 0.25) is 0 Å². The fraction of sp³-hybridized carbons (Fsp3) is 0.700. The monoisotopic (exact) mass is 247 g/mol. The van der Waals surface area contributed by atoms with Crippen LogP contribution in [0.1, 0.15) is 6.42 Å². The van der Waals surface area contributed by atoms with Crippen LogP contribution in [0.5, 0.6) is 0 Å². The molecule has 0 radical (unpaired) electrons. The molecule has 92 valence electrons. The fourth-order valence-corrected chi connectivity index (χ4v) is 1.34. The molecule has 0 bridgehead atoms. The quantitative estimate of drug-likeness (QED) is 0.504. The third-order valence-electron chi connectivity index (χ3n) is 1.97. The molecule has 0 amide bonds. The van der Waals surface area contributed by atoms with Gasteiger partial charge in [0, 0.05) is 18.6 Å². The summed E-state index contributed by atoms with van der Waals surface area (Å²) in [5, 5.41) is 15.9. The van der Waals surface area contributed by atoms with Crippen molar-refractivity contribution < 1.29 is 9.84 Å². The molecular formula is C10H18ClN3O2. The van der Waals surface area contributed by atoms with Crippen LogP contribution in [0, 0.1) is 0 Å². The van der Waals surface area contributed by atoms with Gasteiger partial charge in [-0.2, -0.15) is 5.10 Å². The normalized spacial score (nSPS) is 10.6. The minimum Gasteiger partial charge on any atom is -0.394 e. The van der Waals surface area contributed by atoms with Crippen molar-refractivity contribution in [1.82, 2.24) is 9.78 Å². The Morgan fingerprint density at radius 3 is 3.12 bits per heavy atom. The summed E-state index contributed by atoms with van der Waals surface area (Å²) in [6.07, 6.45) is 4.64. The van der Waals surface area contributed by atoms with Crippen LogP contribution in [0.2, 0.25) is 0 Å². The van der Waals surface area contributed by atoms with Gasteiger partial charge in [0.05, 0.1) is 38.2 Å². The molecule has 0 aliphatic rings. The highest BCUT2D eigenvalue weighted by Crippen LogP contribution is 2.04. The minimum atomic E-state index is 0.0599. The van der Waals surface area contributed by atoms with Gasteiger partial charge in [-0.1, -0.05) is 0 Å². The van der Waals surface area contributed by atoms with Crippen LogP contribution in [0.15, 0.2) is 12.4 Å². The third-order valence-corrected chi connectivity index (χ3v) is 2.24. The standard InChI is InChI=1S/C10H18ClN3O2/c11-2-1-3-12-10-8-13-14(9-10)4-6-16-7-5-15/h8-9,12,15H,1-7H2. The zero-order valence-electron chi connectivity index (χ0n) is 9.23. The lowest BCUT2D eigenvalue weighted by Crippen LogP contribution is -2.08. The average molecular weight is 248 g/mol. The van der Waals surface area contributed by atoms with Crippen LogP contribution in [0.25, 0.3) is 0 Å². The number of nitrogens with one attached hydrogen (secondary N) is 1. The van der Waals surface area contributed by atoms with E-state index in [0.717, 1.165) is 18.7 Å². The predicted molar refractivity (Wildman–Crippen MR) is 64.0 cm³/mol. The fourth-order valence-electron chi connectivity index (χ4n) is 1.20. The second-order valence-electron chi connectivity index (χ2n) is 3.30. The van der Waals surface area contributed by atoms with Gasteiger partial charge in [0.25, 0.3) is 0 Å². The highest BCUT2D eigenvalue weighted by Gasteiger charge is 1.97. The van der Waals surface area contributed by atoms with Crippen molar-refractivity contribution in [1.29, 1.82) is 0 Å². The maximum atomic E-state index is 8.52. The molecule has 0 aliphatic heterocycles. The SMILES string of the molecule is OCCOCCn1cc(NCCCCl)cn1. The summed E-state index contributed by atoms with van der Waals surface area (Å²) in [6, 6.07) is 0. The van der Waals surface area contributed by atoms with E-state index in [2.05, 4.69) is 10.4 Å². The van der Waals surface area contributed by atoms with Gasteiger partial charge in [-0.3, -0.25) is 4.68 Å². The van der Waals surface area contributed by atoms with Gasteiger partial charge in [-0.15, -0.1) is 11.6 Å². The molecule has 0 spiro atoms. The number of aromatic nitrogens is 2. The van der Waals surface area contributed by atoms with Gasteiger partial charge in [0.15, 0.2) is 0 Å². The molecule has 1 rings (SSSR count). The molecule has 1 heterocycles. The lowest BCUT2D eigenvalue weighted by atomic mass is 10.4. The molecule has 1 aromatic rings. The van der Waals surface area contributed by atoms with E-state index < -0.39 is 0 Å². The van der Waals surface area contributed by atoms with Crippen molar-refractivity contribution in [3.05, 3.63) is 12.4 Å². The molecule has 6 heteroatoms. The van der Waals surface area contributed by atoms with Gasteiger partial charge in [0.1, 0.15) is 0 Å². The van der Waals surface area contributed by atoms with E-state index in [1.807, 2.05) is 6.20 Å². The van der Waals surface area contributed by atoms with Gasteiger partial charge >= 0.3 is 0 Å². The summed E-state index contributed by atoms with van der Waals surface area (Å²) in [5.41, 5.74) is 0.993. The number of anilines is 1. The summed E-state index contributed by atoms with van der Waals surface area (Å²) in [4.78, 5) is 0. The second-order valence-corrected chi connectivity index (χ2v) is 3.68. The summed E-state index contributed by atoms with van der Waals surface area (Å²) < 4.78 is 6.95. The first kappa shape index (κ1) is 13.3. The van der Waals surface area contributed by atoms with Crippen LogP contribution in [0.3, 0.4) is 0 Å². The number of rotatable bonds is 9. The van der Waals surface area contributed by atoms with Gasteiger partial charge in [-0.05, 0) is 6.42 Å². The highest BCUT2D eigenvalue weighted by atomic mass is 35.5. The van der Waals surface area contributed by atoms with Crippen molar-refractivity contribution in [2.24, 2.45) is 0 Å². The Bertz CT molecular complexity index is 281. The van der Waals surface area contributed by atoms with E-state index >= 15 is 0 Å². The molecule has 0 aliphatic carbocycles. The van der Waals surface area contributed by atoms with Crippen molar-refractivity contribution in [3.63, 3.8) is 0 Å². The number of hydrogen-bond acceptors (Lipinski definition) is 4. The van der Waals surface area contributed by atoms with Crippen LogP contribution in [-0.2, 0) is 11.3 Å². The Labute approximate surface area is 100 Å². The van der Waals surface area contributed by atoms with Crippen LogP contribution in [-0.4, -0.2) is 47.1 Å². The molecule has 16 heavy (non-hydrogen) atoms. The molecule has 0 atom stereocenters. The first-order chi connectivity index (χ1) is 7.86. The summed E-state index contributed by atoms with van der Waals surface area (Å²) >= 11 is 5.57. The van der Waals surface area contributed by atoms with Crippen molar-refractivity contribution in [3.8, 4) is 0 Å². The number of aliphatic hydroxyl groups is 1. The van der Waals surface area contributed by atoms with Crippen molar-refractivity contribution >= 4 is 17.3 Å². The Morgan fingerprint density at radius 2 is 2.38 bits per heavy atom. The number of ether oxygens (including phenoxy) is 1.